The van der Waals surface area contributed by atoms with Crippen LogP contribution < -0.4 is 0 Å². The second-order valence-corrected chi connectivity index (χ2v) is 10.2. The summed E-state index contributed by atoms with van der Waals surface area (Å²) < 4.78 is 33.2. The molecule has 31 heavy (non-hydrogen) atoms. The van der Waals surface area contributed by atoms with E-state index in [4.69, 9.17) is 4.52 Å². The number of carbonyl (C=O) groups is 1. The smallest absolute Gasteiger partial charge is 0.255 e. The van der Waals surface area contributed by atoms with Crippen molar-refractivity contribution in [3.63, 3.8) is 0 Å². The van der Waals surface area contributed by atoms with E-state index in [1.54, 1.807) is 29.2 Å². The fourth-order valence-corrected chi connectivity index (χ4v) is 6.04. The number of hydrogen-bond donors (Lipinski definition) is 0. The molecule has 1 aromatic heterocycles. The number of sulfonamides is 1. The van der Waals surface area contributed by atoms with Crippen LogP contribution in [0.5, 0.6) is 0 Å². The van der Waals surface area contributed by atoms with Gasteiger partial charge in [0.25, 0.3) is 5.91 Å². The Hall–Kier alpha value is -2.23. The number of benzene rings is 1. The lowest BCUT2D eigenvalue weighted by atomic mass is 10.1. The molecule has 0 saturated carbocycles. The first-order valence-electron chi connectivity index (χ1n) is 10.9. The maximum Gasteiger partial charge on any atom is 0.255 e. The van der Waals surface area contributed by atoms with Crippen molar-refractivity contribution in [3.05, 3.63) is 46.8 Å². The molecule has 0 bridgehead atoms. The summed E-state index contributed by atoms with van der Waals surface area (Å²) in [7, 11) is -3.67. The van der Waals surface area contributed by atoms with Crippen molar-refractivity contribution < 1.29 is 17.7 Å². The van der Waals surface area contributed by atoms with E-state index in [1.165, 1.54) is 4.31 Å². The van der Waals surface area contributed by atoms with Crippen LogP contribution in [0.3, 0.4) is 0 Å². The summed E-state index contributed by atoms with van der Waals surface area (Å²) in [6.45, 7) is 8.17. The van der Waals surface area contributed by atoms with E-state index in [1.807, 2.05) is 13.8 Å². The van der Waals surface area contributed by atoms with Crippen LogP contribution in [0.1, 0.15) is 46.6 Å². The molecule has 9 heteroatoms. The van der Waals surface area contributed by atoms with Crippen LogP contribution in [0.25, 0.3) is 0 Å². The molecule has 3 heterocycles. The third-order valence-corrected chi connectivity index (χ3v) is 8.23. The van der Waals surface area contributed by atoms with Gasteiger partial charge < -0.3 is 9.42 Å². The monoisotopic (exact) mass is 446 g/mol. The van der Waals surface area contributed by atoms with E-state index in [-0.39, 0.29) is 16.4 Å². The molecule has 0 unspecified atom stereocenters. The van der Waals surface area contributed by atoms with Crippen LogP contribution in [0.4, 0.5) is 0 Å². The molecule has 2 aromatic rings. The molecular formula is C22H30N4O4S. The van der Waals surface area contributed by atoms with Gasteiger partial charge in [-0.25, -0.2) is 8.42 Å². The lowest BCUT2D eigenvalue weighted by Crippen LogP contribution is -2.48. The summed E-state index contributed by atoms with van der Waals surface area (Å²) in [4.78, 5) is 17.4. The summed E-state index contributed by atoms with van der Waals surface area (Å²) in [5, 5.41) is 4.01. The van der Waals surface area contributed by atoms with E-state index >= 15 is 0 Å². The summed E-state index contributed by atoms with van der Waals surface area (Å²) in [5.41, 5.74) is 2.26. The Morgan fingerprint density at radius 1 is 1.00 bits per heavy atom. The van der Waals surface area contributed by atoms with E-state index < -0.39 is 10.0 Å². The van der Waals surface area contributed by atoms with E-state index in [9.17, 15) is 13.2 Å². The average Bonchev–Trinajstić information content (AvgIpc) is 3.12. The van der Waals surface area contributed by atoms with Gasteiger partial charge in [-0.2, -0.15) is 4.31 Å². The molecule has 2 saturated heterocycles. The van der Waals surface area contributed by atoms with Gasteiger partial charge in [0.15, 0.2) is 0 Å². The van der Waals surface area contributed by atoms with Gasteiger partial charge in [0, 0.05) is 51.4 Å². The molecule has 0 atom stereocenters. The van der Waals surface area contributed by atoms with Crippen LogP contribution >= 0.6 is 0 Å². The SMILES string of the molecule is Cc1noc(C)c1CN1CCN(C(=O)c2ccccc2S(=O)(=O)N2CCCCC2)CC1. The second-order valence-electron chi connectivity index (χ2n) is 8.33. The molecule has 8 nitrogen and oxygen atoms in total. The molecule has 2 fully saturated rings. The van der Waals surface area contributed by atoms with Gasteiger partial charge >= 0.3 is 0 Å². The zero-order valence-corrected chi connectivity index (χ0v) is 19.0. The lowest BCUT2D eigenvalue weighted by molar-refractivity contribution is 0.0623. The van der Waals surface area contributed by atoms with Gasteiger partial charge in [-0.05, 0) is 38.8 Å². The van der Waals surface area contributed by atoms with Gasteiger partial charge in [0.1, 0.15) is 5.76 Å². The van der Waals surface area contributed by atoms with Crippen molar-refractivity contribution in [2.45, 2.75) is 44.6 Å². The molecule has 4 rings (SSSR count). The standard InChI is InChI=1S/C22H30N4O4S/c1-17-20(18(2)30-23-17)16-24-12-14-25(15-13-24)22(27)19-8-4-5-9-21(19)31(28,29)26-10-6-3-7-11-26/h4-5,8-9H,3,6-7,10-16H2,1-2H3. The van der Waals surface area contributed by atoms with Crippen molar-refractivity contribution in [3.8, 4) is 0 Å². The van der Waals surface area contributed by atoms with Crippen LogP contribution in [-0.2, 0) is 16.6 Å². The zero-order chi connectivity index (χ0) is 22.0. The first-order chi connectivity index (χ1) is 14.9. The number of hydrogen-bond acceptors (Lipinski definition) is 6. The lowest BCUT2D eigenvalue weighted by Gasteiger charge is -2.35. The maximum atomic E-state index is 13.3. The highest BCUT2D eigenvalue weighted by atomic mass is 32.2. The van der Waals surface area contributed by atoms with E-state index in [0.29, 0.717) is 26.2 Å². The van der Waals surface area contributed by atoms with Gasteiger partial charge in [0.05, 0.1) is 16.2 Å². The van der Waals surface area contributed by atoms with Crippen LogP contribution in [-0.4, -0.2) is 72.9 Å². The largest absolute Gasteiger partial charge is 0.361 e. The summed E-state index contributed by atoms with van der Waals surface area (Å²) in [6, 6.07) is 6.62. The molecule has 0 N–H and O–H groups in total. The van der Waals surface area contributed by atoms with Crippen LogP contribution in [0.2, 0.25) is 0 Å². The normalized spacial score (nSPS) is 19.0. The van der Waals surface area contributed by atoms with Crippen molar-refractivity contribution in [2.24, 2.45) is 0 Å². The number of rotatable bonds is 5. The Labute approximate surface area is 183 Å². The minimum absolute atomic E-state index is 0.125. The first kappa shape index (κ1) is 22.0. The Bertz CT molecular complexity index is 1020. The van der Waals surface area contributed by atoms with Gasteiger partial charge in [0.2, 0.25) is 10.0 Å². The number of piperazine rings is 1. The minimum atomic E-state index is -3.67. The molecule has 0 spiro atoms. The fraction of sp³-hybridized carbons (Fsp3) is 0.545. The van der Waals surface area contributed by atoms with Gasteiger partial charge in [-0.3, -0.25) is 9.69 Å². The molecule has 1 aromatic carbocycles. The molecule has 0 radical (unpaired) electrons. The third kappa shape index (κ3) is 4.53. The Kier molecular flexibility index (Phi) is 6.45. The number of aromatic nitrogens is 1. The summed E-state index contributed by atoms with van der Waals surface area (Å²) in [6.07, 6.45) is 2.77. The molecule has 2 aliphatic rings. The number of amides is 1. The molecule has 1 amide bonds. The highest BCUT2D eigenvalue weighted by molar-refractivity contribution is 7.89. The predicted octanol–water partition coefficient (Wildman–Crippen LogP) is 2.42. The highest BCUT2D eigenvalue weighted by Gasteiger charge is 2.32. The third-order valence-electron chi connectivity index (χ3n) is 6.27. The Morgan fingerprint density at radius 2 is 1.68 bits per heavy atom. The fourth-order valence-electron chi connectivity index (χ4n) is 4.34. The van der Waals surface area contributed by atoms with E-state index in [0.717, 1.165) is 55.9 Å². The molecule has 168 valence electrons. The highest BCUT2D eigenvalue weighted by Crippen LogP contribution is 2.25. The molecular weight excluding hydrogens is 416 g/mol. The zero-order valence-electron chi connectivity index (χ0n) is 18.2. The molecule has 0 aliphatic carbocycles. The topological polar surface area (TPSA) is 87.0 Å². The summed E-state index contributed by atoms with van der Waals surface area (Å²) >= 11 is 0. The predicted molar refractivity (Wildman–Crippen MR) is 116 cm³/mol. The van der Waals surface area contributed by atoms with Crippen molar-refractivity contribution in [1.82, 2.24) is 19.3 Å². The number of aryl methyl sites for hydroxylation is 2. The maximum absolute atomic E-state index is 13.3. The van der Waals surface area contributed by atoms with Crippen molar-refractivity contribution in [1.29, 1.82) is 0 Å². The first-order valence-corrected chi connectivity index (χ1v) is 12.3. The minimum Gasteiger partial charge on any atom is -0.361 e. The van der Waals surface area contributed by atoms with Crippen LogP contribution in [0, 0.1) is 13.8 Å². The Balaban J connectivity index is 1.46. The number of carbonyl (C=O) groups excluding carboxylic acids is 1. The number of nitrogens with zero attached hydrogens (tertiary/aromatic N) is 4. The quantitative estimate of drug-likeness (QED) is 0.701. The summed E-state index contributed by atoms with van der Waals surface area (Å²) in [5.74, 6) is 0.612. The van der Waals surface area contributed by atoms with Gasteiger partial charge in [-0.1, -0.05) is 23.7 Å². The van der Waals surface area contributed by atoms with E-state index in [2.05, 4.69) is 10.1 Å². The second kappa shape index (κ2) is 9.10. The van der Waals surface area contributed by atoms with Gasteiger partial charge in [-0.15, -0.1) is 0 Å². The van der Waals surface area contributed by atoms with Crippen molar-refractivity contribution >= 4 is 15.9 Å². The Morgan fingerprint density at radius 3 is 2.32 bits per heavy atom. The number of piperidine rings is 1. The molecule has 2 aliphatic heterocycles. The van der Waals surface area contributed by atoms with Crippen LogP contribution in [0.15, 0.2) is 33.7 Å². The average molecular weight is 447 g/mol. The van der Waals surface area contributed by atoms with Crippen molar-refractivity contribution in [2.75, 3.05) is 39.3 Å².